The van der Waals surface area contributed by atoms with Gasteiger partial charge >= 0.3 is 0 Å². The second-order valence-electron chi connectivity index (χ2n) is 9.21. The molecule has 0 atom stereocenters. The minimum Gasteiger partial charge on any atom is -0.463 e. The molecule has 0 amide bonds. The lowest BCUT2D eigenvalue weighted by atomic mass is 9.91. The molecule has 0 bridgehead atoms. The van der Waals surface area contributed by atoms with E-state index in [1.165, 1.54) is 0 Å². The van der Waals surface area contributed by atoms with E-state index in [1.54, 1.807) is 6.26 Å². The molecule has 0 aliphatic heterocycles. The quantitative estimate of drug-likeness (QED) is 0.288. The van der Waals surface area contributed by atoms with Crippen LogP contribution in [0.1, 0.15) is 31.2 Å². The van der Waals surface area contributed by atoms with Gasteiger partial charge in [0.1, 0.15) is 5.82 Å². The average molecular weight is 601 g/mol. The molecular formula is C26H27Br2N5O2. The first-order valence-corrected chi connectivity index (χ1v) is 13.3. The lowest BCUT2D eigenvalue weighted by Gasteiger charge is -2.30. The summed E-state index contributed by atoms with van der Waals surface area (Å²) in [6.07, 6.45) is 5.63. The molecule has 2 heterocycles. The fourth-order valence-electron chi connectivity index (χ4n) is 4.67. The van der Waals surface area contributed by atoms with Crippen LogP contribution < -0.4 is 21.0 Å². The summed E-state index contributed by atoms with van der Waals surface area (Å²) in [5.74, 6) is 1.59. The van der Waals surface area contributed by atoms with Crippen LogP contribution in [0.2, 0.25) is 0 Å². The number of fused-ring (bicyclic) bond motifs is 2. The maximum Gasteiger partial charge on any atom is 0.225 e. The minimum absolute atomic E-state index is 0.00116. The van der Waals surface area contributed by atoms with E-state index >= 15 is 0 Å². The highest BCUT2D eigenvalue weighted by molar-refractivity contribution is 9.11. The van der Waals surface area contributed by atoms with Crippen LogP contribution in [0.3, 0.4) is 0 Å². The number of rotatable bonds is 6. The van der Waals surface area contributed by atoms with Gasteiger partial charge in [0, 0.05) is 48.1 Å². The van der Waals surface area contributed by atoms with Crippen molar-refractivity contribution < 1.29 is 4.42 Å². The van der Waals surface area contributed by atoms with Crippen molar-refractivity contribution in [1.82, 2.24) is 15.3 Å². The van der Waals surface area contributed by atoms with E-state index in [-0.39, 0.29) is 5.43 Å². The summed E-state index contributed by atoms with van der Waals surface area (Å²) < 4.78 is 7.36. The Morgan fingerprint density at radius 3 is 2.54 bits per heavy atom. The van der Waals surface area contributed by atoms with E-state index in [1.807, 2.05) is 49.3 Å². The van der Waals surface area contributed by atoms with Crippen LogP contribution in [0.15, 0.2) is 60.8 Å². The highest BCUT2D eigenvalue weighted by Crippen LogP contribution is 2.28. The molecule has 1 fully saturated rings. The molecule has 9 heteroatoms. The summed E-state index contributed by atoms with van der Waals surface area (Å²) in [5, 5.41) is 8.73. The summed E-state index contributed by atoms with van der Waals surface area (Å²) >= 11 is 6.92. The molecule has 2 N–H and O–H groups in total. The van der Waals surface area contributed by atoms with Crippen molar-refractivity contribution in [2.45, 2.75) is 44.3 Å². The lowest BCUT2D eigenvalue weighted by molar-refractivity contribution is 0.351. The number of anilines is 2. The number of hydrogen-bond donors (Lipinski definition) is 2. The van der Waals surface area contributed by atoms with Gasteiger partial charge < -0.3 is 20.0 Å². The second-order valence-corrected chi connectivity index (χ2v) is 11.0. The minimum atomic E-state index is 0.00116. The number of para-hydroxylation sites is 1. The Bertz CT molecular complexity index is 1430. The second kappa shape index (κ2) is 10.2. The lowest BCUT2D eigenvalue weighted by Crippen LogP contribution is -2.37. The molecule has 7 nitrogen and oxygen atoms in total. The largest absolute Gasteiger partial charge is 0.463 e. The Balaban J connectivity index is 1.21. The molecule has 2 aromatic heterocycles. The van der Waals surface area contributed by atoms with E-state index in [2.05, 4.69) is 48.6 Å². The van der Waals surface area contributed by atoms with Crippen LogP contribution in [-0.2, 0) is 6.54 Å². The van der Waals surface area contributed by atoms with Crippen molar-refractivity contribution in [1.29, 1.82) is 0 Å². The molecule has 1 aliphatic carbocycles. The molecule has 4 aromatic rings. The number of aromatic nitrogens is 2. The van der Waals surface area contributed by atoms with E-state index in [0.717, 1.165) is 51.3 Å². The molecule has 0 saturated heterocycles. The third kappa shape index (κ3) is 5.22. The van der Waals surface area contributed by atoms with Gasteiger partial charge in [0.2, 0.25) is 5.95 Å². The molecular weight excluding hydrogens is 574 g/mol. The highest BCUT2D eigenvalue weighted by Gasteiger charge is 2.22. The normalized spacial score (nSPS) is 18.2. The monoisotopic (exact) mass is 599 g/mol. The van der Waals surface area contributed by atoms with Crippen LogP contribution in [0, 0.1) is 0 Å². The van der Waals surface area contributed by atoms with E-state index in [4.69, 9.17) is 14.4 Å². The van der Waals surface area contributed by atoms with E-state index in [9.17, 15) is 4.79 Å². The zero-order chi connectivity index (χ0) is 24.5. The van der Waals surface area contributed by atoms with Crippen LogP contribution in [0.25, 0.3) is 21.9 Å². The van der Waals surface area contributed by atoms with Crippen molar-refractivity contribution in [3.63, 3.8) is 0 Å². The van der Waals surface area contributed by atoms with Gasteiger partial charge in [-0.1, -0.05) is 28.1 Å². The van der Waals surface area contributed by atoms with E-state index < -0.39 is 0 Å². The average Bonchev–Trinajstić information content (AvgIpc) is 2.84. The number of hydrogen-bond acceptors (Lipinski definition) is 7. The molecule has 0 spiro atoms. The van der Waals surface area contributed by atoms with E-state index in [0.29, 0.717) is 41.1 Å². The predicted molar refractivity (Wildman–Crippen MR) is 148 cm³/mol. The predicted octanol–water partition coefficient (Wildman–Crippen LogP) is 5.84. The Kier molecular flexibility index (Phi) is 7.09. The Labute approximate surface area is 220 Å². The number of nitrogens with zero attached hydrogens (tertiary/aromatic N) is 3. The standard InChI is InChI=1S/C26H27Br2N5O2/c1-33(2)25-19-5-3-4-6-22(19)31-26(32-25)30-18-9-7-17(8-10-18)29-13-15-14-35-24-20(23(15)34)11-16(27)12-21(24)28/h3-6,11-12,14,17-18,29H,7-10,13H2,1-2H3,(H,30,31,32). The first-order valence-electron chi connectivity index (χ1n) is 11.7. The molecule has 1 saturated carbocycles. The first kappa shape index (κ1) is 24.2. The van der Waals surface area contributed by atoms with Crippen LogP contribution in [-0.4, -0.2) is 36.1 Å². The van der Waals surface area contributed by atoms with Crippen LogP contribution >= 0.6 is 31.9 Å². The van der Waals surface area contributed by atoms with Gasteiger partial charge in [0.15, 0.2) is 11.0 Å². The molecule has 5 rings (SSSR count). The van der Waals surface area contributed by atoms with Gasteiger partial charge in [0.25, 0.3) is 0 Å². The van der Waals surface area contributed by atoms with Crippen molar-refractivity contribution in [2.75, 3.05) is 24.3 Å². The fraction of sp³-hybridized carbons (Fsp3) is 0.346. The van der Waals surface area contributed by atoms with Gasteiger partial charge in [-0.15, -0.1) is 0 Å². The molecule has 182 valence electrons. The van der Waals surface area contributed by atoms with Gasteiger partial charge in [-0.25, -0.2) is 4.98 Å². The molecule has 2 aromatic carbocycles. The van der Waals surface area contributed by atoms with Gasteiger partial charge in [-0.2, -0.15) is 4.98 Å². The van der Waals surface area contributed by atoms with Crippen molar-refractivity contribution in [2.24, 2.45) is 0 Å². The molecule has 1 aliphatic rings. The number of halogens is 2. The Morgan fingerprint density at radius 2 is 1.77 bits per heavy atom. The summed E-state index contributed by atoms with van der Waals surface area (Å²) in [6, 6.07) is 12.5. The van der Waals surface area contributed by atoms with Gasteiger partial charge in [-0.3, -0.25) is 4.79 Å². The van der Waals surface area contributed by atoms with Crippen LogP contribution in [0.5, 0.6) is 0 Å². The highest BCUT2D eigenvalue weighted by atomic mass is 79.9. The zero-order valence-corrected chi connectivity index (χ0v) is 22.8. The SMILES string of the molecule is CN(C)c1nc(NC2CCC(NCc3coc4c(Br)cc(Br)cc4c3=O)CC2)nc2ccccc12. The third-order valence-corrected chi connectivity index (χ3v) is 7.56. The fourth-order valence-corrected chi connectivity index (χ4v) is 5.99. The molecule has 35 heavy (non-hydrogen) atoms. The van der Waals surface area contributed by atoms with Crippen molar-refractivity contribution in [3.05, 3.63) is 67.4 Å². The van der Waals surface area contributed by atoms with Gasteiger partial charge in [-0.05, 0) is 65.9 Å². The molecule has 0 unspecified atom stereocenters. The first-order chi connectivity index (χ1) is 16.9. The summed E-state index contributed by atoms with van der Waals surface area (Å²) in [7, 11) is 4.01. The maximum atomic E-state index is 13.0. The third-order valence-electron chi connectivity index (χ3n) is 6.51. The summed E-state index contributed by atoms with van der Waals surface area (Å²) in [6.45, 7) is 0.491. The smallest absolute Gasteiger partial charge is 0.225 e. The maximum absolute atomic E-state index is 13.0. The Morgan fingerprint density at radius 1 is 1.03 bits per heavy atom. The zero-order valence-electron chi connectivity index (χ0n) is 19.6. The van der Waals surface area contributed by atoms with Gasteiger partial charge in [0.05, 0.1) is 21.6 Å². The van der Waals surface area contributed by atoms with Crippen LogP contribution in [0.4, 0.5) is 11.8 Å². The Hall–Kier alpha value is -2.49. The summed E-state index contributed by atoms with van der Waals surface area (Å²) in [4.78, 5) is 24.5. The number of benzene rings is 2. The number of nitrogens with one attached hydrogen (secondary N) is 2. The van der Waals surface area contributed by atoms with Crippen molar-refractivity contribution >= 4 is 65.5 Å². The topological polar surface area (TPSA) is 83.3 Å². The van der Waals surface area contributed by atoms with Crippen molar-refractivity contribution in [3.8, 4) is 0 Å². The summed E-state index contributed by atoms with van der Waals surface area (Å²) in [5.41, 5.74) is 2.16. The molecule has 0 radical (unpaired) electrons.